The number of nitrogens with zero attached hydrogens (tertiary/aromatic N) is 2. The fourth-order valence-electron chi connectivity index (χ4n) is 1.63. The average Bonchev–Trinajstić information content (AvgIpc) is 2.38. The van der Waals surface area contributed by atoms with Gasteiger partial charge in [0.2, 0.25) is 0 Å². The molecule has 14 heavy (non-hydrogen) atoms. The van der Waals surface area contributed by atoms with Crippen molar-refractivity contribution in [2.75, 3.05) is 0 Å². The van der Waals surface area contributed by atoms with Gasteiger partial charge < -0.3 is 0 Å². The lowest BCUT2D eigenvalue weighted by Gasteiger charge is -2.01. The number of hydrogen-bond donors (Lipinski definition) is 0. The predicted molar refractivity (Wildman–Crippen MR) is 50.1 cm³/mol. The molecule has 1 aromatic heterocycles. The van der Waals surface area contributed by atoms with E-state index in [1.54, 1.807) is 14.0 Å². The normalized spacial score (nSPS) is 11.2. The third kappa shape index (κ3) is 1.03. The lowest BCUT2D eigenvalue weighted by Crippen LogP contribution is -1.96. The molecule has 0 amide bonds. The maximum atomic E-state index is 13.6. The summed E-state index contributed by atoms with van der Waals surface area (Å²) >= 11 is 0. The van der Waals surface area contributed by atoms with Crippen LogP contribution in [0, 0.1) is 25.5 Å². The SMILES string of the molecule is Cc1c(F)cc2c(C)nn(C)c2c1F. The van der Waals surface area contributed by atoms with Crippen LogP contribution in [-0.4, -0.2) is 9.78 Å². The van der Waals surface area contributed by atoms with Gasteiger partial charge in [-0.15, -0.1) is 0 Å². The Kier molecular flexibility index (Phi) is 1.80. The van der Waals surface area contributed by atoms with Crippen LogP contribution in [0.5, 0.6) is 0 Å². The number of halogens is 2. The molecule has 0 aliphatic heterocycles. The topological polar surface area (TPSA) is 17.8 Å². The highest BCUT2D eigenvalue weighted by Gasteiger charge is 2.15. The van der Waals surface area contributed by atoms with E-state index in [0.29, 0.717) is 16.6 Å². The van der Waals surface area contributed by atoms with Crippen molar-refractivity contribution in [2.45, 2.75) is 13.8 Å². The second-order valence-electron chi connectivity index (χ2n) is 3.40. The van der Waals surface area contributed by atoms with Crippen LogP contribution in [-0.2, 0) is 7.05 Å². The van der Waals surface area contributed by atoms with Crippen molar-refractivity contribution < 1.29 is 8.78 Å². The zero-order chi connectivity index (χ0) is 10.5. The summed E-state index contributed by atoms with van der Waals surface area (Å²) in [5.41, 5.74) is 1.04. The quantitative estimate of drug-likeness (QED) is 0.632. The van der Waals surface area contributed by atoms with Crippen LogP contribution in [0.2, 0.25) is 0 Å². The average molecular weight is 196 g/mol. The van der Waals surface area contributed by atoms with E-state index in [-0.39, 0.29) is 5.56 Å². The zero-order valence-corrected chi connectivity index (χ0v) is 8.23. The summed E-state index contributed by atoms with van der Waals surface area (Å²) in [6.07, 6.45) is 0. The number of aromatic nitrogens is 2. The Bertz CT molecular complexity index is 515. The standard InChI is InChI=1S/C10H10F2N2/c1-5-8(11)4-7-6(2)13-14(3)10(7)9(5)12/h4H,1-3H3. The summed E-state index contributed by atoms with van der Waals surface area (Å²) in [6.45, 7) is 3.16. The molecular weight excluding hydrogens is 186 g/mol. The second kappa shape index (κ2) is 2.77. The Morgan fingerprint density at radius 3 is 2.57 bits per heavy atom. The fraction of sp³-hybridized carbons (Fsp3) is 0.300. The minimum Gasteiger partial charge on any atom is -0.265 e. The van der Waals surface area contributed by atoms with Crippen LogP contribution >= 0.6 is 0 Å². The Balaban J connectivity index is 3.01. The second-order valence-corrected chi connectivity index (χ2v) is 3.40. The monoisotopic (exact) mass is 196 g/mol. The molecule has 0 saturated carbocycles. The number of aryl methyl sites for hydroxylation is 2. The Morgan fingerprint density at radius 2 is 1.93 bits per heavy atom. The summed E-state index contributed by atoms with van der Waals surface area (Å²) in [5, 5.41) is 4.58. The molecule has 2 aromatic rings. The van der Waals surface area contributed by atoms with E-state index in [4.69, 9.17) is 0 Å². The maximum Gasteiger partial charge on any atom is 0.154 e. The molecule has 1 aromatic carbocycles. The molecule has 0 aliphatic rings. The molecule has 0 bridgehead atoms. The van der Waals surface area contributed by atoms with Crippen molar-refractivity contribution in [3.8, 4) is 0 Å². The molecule has 2 rings (SSSR count). The summed E-state index contributed by atoms with van der Waals surface area (Å²) in [4.78, 5) is 0. The van der Waals surface area contributed by atoms with E-state index in [0.717, 1.165) is 0 Å². The predicted octanol–water partition coefficient (Wildman–Crippen LogP) is 2.47. The van der Waals surface area contributed by atoms with Gasteiger partial charge in [0.1, 0.15) is 11.3 Å². The van der Waals surface area contributed by atoms with Crippen LogP contribution in [0.25, 0.3) is 10.9 Å². The highest BCUT2D eigenvalue weighted by Crippen LogP contribution is 2.25. The number of hydrogen-bond acceptors (Lipinski definition) is 1. The first-order valence-corrected chi connectivity index (χ1v) is 4.30. The van der Waals surface area contributed by atoms with E-state index in [1.807, 2.05) is 0 Å². The molecule has 74 valence electrons. The van der Waals surface area contributed by atoms with Crippen molar-refractivity contribution in [1.82, 2.24) is 9.78 Å². The van der Waals surface area contributed by atoms with E-state index in [9.17, 15) is 8.78 Å². The Labute approximate surface area is 80.1 Å². The largest absolute Gasteiger partial charge is 0.265 e. The van der Waals surface area contributed by atoms with Gasteiger partial charge in [0.25, 0.3) is 0 Å². The van der Waals surface area contributed by atoms with Crippen LogP contribution in [0.1, 0.15) is 11.3 Å². The van der Waals surface area contributed by atoms with Crippen molar-refractivity contribution in [3.63, 3.8) is 0 Å². The van der Waals surface area contributed by atoms with Gasteiger partial charge in [-0.25, -0.2) is 8.78 Å². The van der Waals surface area contributed by atoms with Gasteiger partial charge in [0, 0.05) is 18.0 Å². The number of rotatable bonds is 0. The van der Waals surface area contributed by atoms with Gasteiger partial charge in [-0.2, -0.15) is 5.10 Å². The molecule has 0 atom stereocenters. The highest BCUT2D eigenvalue weighted by atomic mass is 19.1. The van der Waals surface area contributed by atoms with Gasteiger partial charge in [-0.3, -0.25) is 4.68 Å². The lowest BCUT2D eigenvalue weighted by atomic mass is 10.1. The van der Waals surface area contributed by atoms with Crippen molar-refractivity contribution in [1.29, 1.82) is 0 Å². The number of benzene rings is 1. The van der Waals surface area contributed by atoms with Crippen molar-refractivity contribution in [3.05, 3.63) is 29.0 Å². The van der Waals surface area contributed by atoms with Crippen molar-refractivity contribution in [2.24, 2.45) is 7.05 Å². The van der Waals surface area contributed by atoms with Crippen molar-refractivity contribution >= 4 is 10.9 Å². The molecule has 2 nitrogen and oxygen atoms in total. The minimum absolute atomic E-state index is 0.0421. The summed E-state index contributed by atoms with van der Waals surface area (Å²) in [5.74, 6) is -1.05. The first-order valence-electron chi connectivity index (χ1n) is 4.30. The number of fused-ring (bicyclic) bond motifs is 1. The van der Waals surface area contributed by atoms with E-state index < -0.39 is 11.6 Å². The summed E-state index contributed by atoms with van der Waals surface area (Å²) in [6, 6.07) is 1.33. The molecule has 0 spiro atoms. The van der Waals surface area contributed by atoms with Gasteiger partial charge >= 0.3 is 0 Å². The maximum absolute atomic E-state index is 13.6. The molecule has 1 heterocycles. The van der Waals surface area contributed by atoms with E-state index >= 15 is 0 Å². The smallest absolute Gasteiger partial charge is 0.154 e. The van der Waals surface area contributed by atoms with Gasteiger partial charge in [0.05, 0.1) is 5.69 Å². The highest BCUT2D eigenvalue weighted by molar-refractivity contribution is 5.83. The fourth-order valence-corrected chi connectivity index (χ4v) is 1.63. The summed E-state index contributed by atoms with van der Waals surface area (Å²) < 4.78 is 28.3. The third-order valence-electron chi connectivity index (χ3n) is 2.43. The van der Waals surface area contributed by atoms with E-state index in [2.05, 4.69) is 5.10 Å². The van der Waals surface area contributed by atoms with Crippen LogP contribution in [0.3, 0.4) is 0 Å². The molecule has 0 fully saturated rings. The molecule has 0 unspecified atom stereocenters. The first-order chi connectivity index (χ1) is 6.52. The third-order valence-corrected chi connectivity index (χ3v) is 2.43. The Hall–Kier alpha value is -1.45. The summed E-state index contributed by atoms with van der Waals surface area (Å²) in [7, 11) is 1.65. The molecular formula is C10H10F2N2. The molecule has 0 N–H and O–H groups in total. The van der Waals surface area contributed by atoms with Gasteiger partial charge in [-0.1, -0.05) is 0 Å². The first kappa shape index (κ1) is 9.12. The van der Waals surface area contributed by atoms with Crippen LogP contribution < -0.4 is 0 Å². The van der Waals surface area contributed by atoms with Gasteiger partial charge in [-0.05, 0) is 19.9 Å². The lowest BCUT2D eigenvalue weighted by molar-refractivity contribution is 0.571. The Morgan fingerprint density at radius 1 is 1.29 bits per heavy atom. The van der Waals surface area contributed by atoms with Gasteiger partial charge in [0.15, 0.2) is 5.82 Å². The van der Waals surface area contributed by atoms with E-state index in [1.165, 1.54) is 17.7 Å². The molecule has 0 aliphatic carbocycles. The molecule has 0 saturated heterocycles. The molecule has 4 heteroatoms. The molecule has 0 radical (unpaired) electrons. The minimum atomic E-state index is -0.525. The van der Waals surface area contributed by atoms with Crippen LogP contribution in [0.4, 0.5) is 8.78 Å². The zero-order valence-electron chi connectivity index (χ0n) is 8.23. The van der Waals surface area contributed by atoms with Crippen LogP contribution in [0.15, 0.2) is 6.07 Å².